The molecule has 186 valence electrons. The van der Waals surface area contributed by atoms with Gasteiger partial charge in [-0.25, -0.2) is 9.50 Å². The van der Waals surface area contributed by atoms with Crippen LogP contribution in [-0.2, 0) is 10.9 Å². The molecule has 2 fully saturated rings. The molecule has 1 spiro atoms. The molecule has 1 N–H and O–H groups in total. The van der Waals surface area contributed by atoms with Crippen LogP contribution in [0.15, 0.2) is 49.2 Å². The zero-order valence-electron chi connectivity index (χ0n) is 19.9. The number of nitrogens with zero attached hydrogens (tertiary/aromatic N) is 7. The van der Waals surface area contributed by atoms with E-state index >= 15 is 0 Å². The molecule has 9 nitrogen and oxygen atoms in total. The molecule has 0 aliphatic carbocycles. The second-order valence-electron chi connectivity index (χ2n) is 9.39. The lowest BCUT2D eigenvalue weighted by molar-refractivity contribution is 0.232. The number of hydrogen-bond acceptors (Lipinski definition) is 7. The Kier molecular flexibility index (Phi) is 7.12. The van der Waals surface area contributed by atoms with Crippen LogP contribution in [0.1, 0.15) is 24.8 Å². The van der Waals surface area contributed by atoms with E-state index in [0.29, 0.717) is 11.0 Å². The van der Waals surface area contributed by atoms with E-state index in [1.54, 1.807) is 15.4 Å². The van der Waals surface area contributed by atoms with Gasteiger partial charge in [-0.1, -0.05) is 0 Å². The molecule has 2 aliphatic rings. The molecule has 0 atom stereocenters. The summed E-state index contributed by atoms with van der Waals surface area (Å²) in [6.45, 7) is 4.39. The van der Waals surface area contributed by atoms with E-state index < -0.39 is 0 Å². The fourth-order valence-corrected chi connectivity index (χ4v) is 5.38. The van der Waals surface area contributed by atoms with Gasteiger partial charge in [-0.15, -0.1) is 0 Å². The summed E-state index contributed by atoms with van der Waals surface area (Å²) in [7, 11) is 1.90. The highest BCUT2D eigenvalue weighted by atomic mass is 35.6. The summed E-state index contributed by atoms with van der Waals surface area (Å²) >= 11 is 8.53. The van der Waals surface area contributed by atoms with E-state index in [2.05, 4.69) is 72.3 Å². The standard InChI is InChI=1S/C25H26N8.Cl2O/c1-31-15-21(14-29-31)19-10-22(24-20(11-26)13-30-33(24)16-19)18-2-3-23(28-12-18)32-9-6-25(17-32)4-7-27-8-5-25;1-3-2/h2-3,10,12-16,27H,4-9,17H2,1H3;. The van der Waals surface area contributed by atoms with Crippen molar-refractivity contribution in [3.63, 3.8) is 0 Å². The van der Waals surface area contributed by atoms with Gasteiger partial charge < -0.3 is 10.2 Å². The molecule has 0 amide bonds. The van der Waals surface area contributed by atoms with Crippen molar-refractivity contribution in [2.24, 2.45) is 12.5 Å². The maximum Gasteiger partial charge on any atom is 0.128 e. The molecule has 6 rings (SSSR count). The first kappa shape index (κ1) is 24.5. The van der Waals surface area contributed by atoms with Gasteiger partial charge in [0, 0.05) is 61.0 Å². The first-order chi connectivity index (χ1) is 17.6. The van der Waals surface area contributed by atoms with Gasteiger partial charge in [-0.3, -0.25) is 4.68 Å². The average Bonchev–Trinajstić information content (AvgIpc) is 3.63. The van der Waals surface area contributed by atoms with Crippen LogP contribution in [0.5, 0.6) is 0 Å². The molecular formula is C25H26Cl2N8O. The summed E-state index contributed by atoms with van der Waals surface area (Å²) in [5, 5.41) is 21.9. The summed E-state index contributed by atoms with van der Waals surface area (Å²) in [6.07, 6.45) is 13.1. The highest BCUT2D eigenvalue weighted by Gasteiger charge is 2.39. The molecule has 0 aromatic carbocycles. The SMILES string of the molecule is ClOCl.Cn1cc(-c2cc(-c3ccc(N4CCC5(CCNCC5)C4)nc3)c3c(C#N)cnn3c2)cn1. The lowest BCUT2D eigenvalue weighted by atomic mass is 9.78. The Balaban J connectivity index is 0.000000848. The Morgan fingerprint density at radius 2 is 1.83 bits per heavy atom. The first-order valence-corrected chi connectivity index (χ1v) is 12.4. The van der Waals surface area contributed by atoms with E-state index in [0.717, 1.165) is 59.8 Å². The molecular weight excluding hydrogens is 499 g/mol. The van der Waals surface area contributed by atoms with E-state index in [1.165, 1.54) is 19.3 Å². The van der Waals surface area contributed by atoms with Gasteiger partial charge in [0.05, 0.1) is 47.2 Å². The molecule has 0 bridgehead atoms. The molecule has 4 aromatic rings. The zero-order valence-corrected chi connectivity index (χ0v) is 21.4. The van der Waals surface area contributed by atoms with Gasteiger partial charge in [-0.05, 0) is 56.0 Å². The Morgan fingerprint density at radius 3 is 2.50 bits per heavy atom. The molecule has 36 heavy (non-hydrogen) atoms. The third-order valence-corrected chi connectivity index (χ3v) is 7.26. The highest BCUT2D eigenvalue weighted by molar-refractivity contribution is 6.24. The fraction of sp³-hybridized carbons (Fsp3) is 0.360. The summed E-state index contributed by atoms with van der Waals surface area (Å²) in [6, 6.07) is 8.62. The molecule has 2 saturated heterocycles. The summed E-state index contributed by atoms with van der Waals surface area (Å²) < 4.78 is 6.76. The Hall–Kier alpha value is -3.16. The van der Waals surface area contributed by atoms with Gasteiger partial charge in [0.25, 0.3) is 0 Å². The number of anilines is 1. The Labute approximate surface area is 219 Å². The third-order valence-electron chi connectivity index (χ3n) is 7.26. The smallest absolute Gasteiger partial charge is 0.128 e. The number of hydrogen-bond donors (Lipinski definition) is 1. The molecule has 4 aromatic heterocycles. The predicted molar refractivity (Wildman–Crippen MR) is 139 cm³/mol. The van der Waals surface area contributed by atoms with Crippen LogP contribution < -0.4 is 10.2 Å². The number of aromatic nitrogens is 5. The molecule has 6 heterocycles. The van der Waals surface area contributed by atoms with Gasteiger partial charge in [0.2, 0.25) is 0 Å². The topological polar surface area (TPSA) is 96.3 Å². The quantitative estimate of drug-likeness (QED) is 0.419. The molecule has 11 heteroatoms. The van der Waals surface area contributed by atoms with Crippen molar-refractivity contribution in [3.05, 3.63) is 54.7 Å². The minimum Gasteiger partial charge on any atom is -0.356 e. The lowest BCUT2D eigenvalue weighted by Gasteiger charge is -2.33. The highest BCUT2D eigenvalue weighted by Crippen LogP contribution is 2.40. The lowest BCUT2D eigenvalue weighted by Crippen LogP contribution is -2.38. The number of nitrogens with one attached hydrogen (secondary N) is 1. The Bertz CT molecular complexity index is 1390. The van der Waals surface area contributed by atoms with Crippen LogP contribution in [0.4, 0.5) is 5.82 Å². The monoisotopic (exact) mass is 524 g/mol. The van der Waals surface area contributed by atoms with Crippen LogP contribution >= 0.6 is 23.7 Å². The van der Waals surface area contributed by atoms with E-state index in [4.69, 9.17) is 4.98 Å². The Morgan fingerprint density at radius 1 is 1.03 bits per heavy atom. The van der Waals surface area contributed by atoms with Crippen LogP contribution in [0, 0.1) is 16.7 Å². The van der Waals surface area contributed by atoms with Crippen LogP contribution in [0.2, 0.25) is 0 Å². The largest absolute Gasteiger partial charge is 0.356 e. The van der Waals surface area contributed by atoms with E-state index in [9.17, 15) is 5.26 Å². The molecule has 0 radical (unpaired) electrons. The molecule has 0 saturated carbocycles. The van der Waals surface area contributed by atoms with Crippen molar-refractivity contribution in [2.45, 2.75) is 19.3 Å². The van der Waals surface area contributed by atoms with Gasteiger partial charge in [0.15, 0.2) is 0 Å². The fourth-order valence-electron chi connectivity index (χ4n) is 5.38. The minimum atomic E-state index is 0.440. The number of aryl methyl sites for hydroxylation is 1. The van der Waals surface area contributed by atoms with Crippen LogP contribution in [-0.4, -0.2) is 50.6 Å². The number of rotatable bonds is 3. The van der Waals surface area contributed by atoms with E-state index in [-0.39, 0.29) is 0 Å². The zero-order chi connectivity index (χ0) is 25.1. The van der Waals surface area contributed by atoms with Crippen molar-refractivity contribution in [1.82, 2.24) is 29.7 Å². The van der Waals surface area contributed by atoms with Crippen molar-refractivity contribution in [2.75, 3.05) is 31.1 Å². The van der Waals surface area contributed by atoms with Crippen molar-refractivity contribution >= 4 is 35.1 Å². The average molecular weight is 525 g/mol. The second kappa shape index (κ2) is 10.4. The minimum absolute atomic E-state index is 0.440. The second-order valence-corrected chi connectivity index (χ2v) is 9.86. The first-order valence-electron chi connectivity index (χ1n) is 11.8. The number of fused-ring (bicyclic) bond motifs is 1. The molecule has 0 unspecified atom stereocenters. The number of halogens is 2. The van der Waals surface area contributed by atoms with Gasteiger partial charge in [0.1, 0.15) is 11.9 Å². The van der Waals surface area contributed by atoms with Gasteiger partial charge >= 0.3 is 0 Å². The number of nitriles is 1. The summed E-state index contributed by atoms with van der Waals surface area (Å²) in [5.74, 6) is 1.03. The van der Waals surface area contributed by atoms with Crippen LogP contribution in [0.3, 0.4) is 0 Å². The number of pyridine rings is 2. The maximum atomic E-state index is 9.65. The van der Waals surface area contributed by atoms with Gasteiger partial charge in [-0.2, -0.15) is 19.3 Å². The van der Waals surface area contributed by atoms with Crippen molar-refractivity contribution < 1.29 is 3.84 Å². The number of piperidine rings is 1. The maximum absolute atomic E-state index is 9.65. The predicted octanol–water partition coefficient (Wildman–Crippen LogP) is 4.56. The summed E-state index contributed by atoms with van der Waals surface area (Å²) in [4.78, 5) is 7.28. The normalized spacial score (nSPS) is 16.7. The summed E-state index contributed by atoms with van der Waals surface area (Å²) in [5.41, 5.74) is 5.71. The van der Waals surface area contributed by atoms with Crippen molar-refractivity contribution in [1.29, 1.82) is 5.26 Å². The van der Waals surface area contributed by atoms with E-state index in [1.807, 2.05) is 31.8 Å². The third kappa shape index (κ3) is 4.77. The van der Waals surface area contributed by atoms with Crippen molar-refractivity contribution in [3.8, 4) is 28.3 Å². The molecule has 2 aliphatic heterocycles. The van der Waals surface area contributed by atoms with Crippen LogP contribution in [0.25, 0.3) is 27.8 Å².